The Hall–Kier alpha value is -2.39. The minimum absolute atomic E-state index is 0.814. The number of pyridine rings is 1. The molecular formula is C22H26N2O. The largest absolute Gasteiger partial charge is 0.398 e. The van der Waals surface area contributed by atoms with Gasteiger partial charge in [-0.05, 0) is 48.8 Å². The van der Waals surface area contributed by atoms with E-state index in [1.54, 1.807) is 0 Å². The molecule has 0 radical (unpaired) electrons. The second kappa shape index (κ2) is 8.63. The normalized spacial score (nSPS) is 11.1. The van der Waals surface area contributed by atoms with E-state index in [9.17, 15) is 0 Å². The molecule has 0 aliphatic heterocycles. The quantitative estimate of drug-likeness (QED) is 0.453. The average Bonchev–Trinajstić information content (AvgIpc) is 2.66. The summed E-state index contributed by atoms with van der Waals surface area (Å²) in [6.45, 7) is 3.85. The lowest BCUT2D eigenvalue weighted by atomic mass is 9.98. The van der Waals surface area contributed by atoms with Gasteiger partial charge >= 0.3 is 0 Å². The molecule has 1 aromatic heterocycles. The van der Waals surface area contributed by atoms with E-state index in [4.69, 9.17) is 10.5 Å². The second-order valence-corrected chi connectivity index (χ2v) is 6.36. The van der Waals surface area contributed by atoms with Crippen molar-refractivity contribution in [1.82, 2.24) is 4.98 Å². The zero-order chi connectivity index (χ0) is 17.5. The zero-order valence-electron chi connectivity index (χ0n) is 14.9. The van der Waals surface area contributed by atoms with Crippen LogP contribution in [-0.4, -0.2) is 18.2 Å². The highest BCUT2D eigenvalue weighted by Gasteiger charge is 2.06. The van der Waals surface area contributed by atoms with Gasteiger partial charge in [0.2, 0.25) is 0 Å². The van der Waals surface area contributed by atoms with Crippen LogP contribution >= 0.6 is 0 Å². The van der Waals surface area contributed by atoms with Gasteiger partial charge in [0.25, 0.3) is 0 Å². The lowest BCUT2D eigenvalue weighted by molar-refractivity contribution is 0.131. The Labute approximate surface area is 149 Å². The fraction of sp³-hybridized carbons (Fsp3) is 0.318. The molecule has 0 atom stereocenters. The van der Waals surface area contributed by atoms with Gasteiger partial charge in [0.1, 0.15) is 0 Å². The number of unbranched alkanes of at least 4 members (excludes halogenated alkanes) is 1. The lowest BCUT2D eigenvalue weighted by Crippen LogP contribution is -1.97. The SMILES string of the molecule is CCCOCCCCc1ccc(-c2ccc(N)c3ccccc23)cn1. The number of anilines is 1. The molecule has 0 saturated carbocycles. The Morgan fingerprint density at radius 1 is 0.920 bits per heavy atom. The molecule has 0 aliphatic rings. The molecule has 25 heavy (non-hydrogen) atoms. The summed E-state index contributed by atoms with van der Waals surface area (Å²) in [5, 5.41) is 2.27. The van der Waals surface area contributed by atoms with E-state index in [-0.39, 0.29) is 0 Å². The van der Waals surface area contributed by atoms with Crippen LogP contribution in [0.3, 0.4) is 0 Å². The number of ether oxygens (including phenoxy) is 1. The van der Waals surface area contributed by atoms with Gasteiger partial charge in [-0.25, -0.2) is 0 Å². The summed E-state index contributed by atoms with van der Waals surface area (Å²) < 4.78 is 5.52. The molecule has 2 aromatic carbocycles. The standard InChI is InChI=1S/C22H26N2O/c1-2-14-25-15-6-5-7-18-11-10-17(16-24-18)19-12-13-22(23)21-9-4-3-8-20(19)21/h3-4,8-13,16H,2,5-7,14-15,23H2,1H3. The molecule has 3 heteroatoms. The van der Waals surface area contributed by atoms with Gasteiger partial charge in [-0.3, -0.25) is 4.98 Å². The van der Waals surface area contributed by atoms with Gasteiger partial charge < -0.3 is 10.5 Å². The van der Waals surface area contributed by atoms with Crippen molar-refractivity contribution >= 4 is 16.5 Å². The number of fused-ring (bicyclic) bond motifs is 1. The van der Waals surface area contributed by atoms with Crippen molar-refractivity contribution in [2.45, 2.75) is 32.6 Å². The molecule has 0 amide bonds. The molecule has 1 heterocycles. The van der Waals surface area contributed by atoms with E-state index in [1.807, 2.05) is 24.4 Å². The number of hydrogen-bond acceptors (Lipinski definition) is 3. The average molecular weight is 334 g/mol. The highest BCUT2D eigenvalue weighted by Crippen LogP contribution is 2.31. The molecule has 3 nitrogen and oxygen atoms in total. The summed E-state index contributed by atoms with van der Waals surface area (Å²) in [5.74, 6) is 0. The summed E-state index contributed by atoms with van der Waals surface area (Å²) >= 11 is 0. The molecule has 0 spiro atoms. The zero-order valence-corrected chi connectivity index (χ0v) is 14.9. The molecule has 3 aromatic rings. The number of nitrogen functional groups attached to an aromatic ring is 1. The van der Waals surface area contributed by atoms with E-state index in [2.05, 4.69) is 42.2 Å². The van der Waals surface area contributed by atoms with Crippen LogP contribution in [0, 0.1) is 0 Å². The molecular weight excluding hydrogens is 308 g/mol. The Balaban J connectivity index is 1.68. The summed E-state index contributed by atoms with van der Waals surface area (Å²) in [7, 11) is 0. The molecule has 0 aliphatic carbocycles. The highest BCUT2D eigenvalue weighted by molar-refractivity contribution is 6.02. The number of hydrogen-bond donors (Lipinski definition) is 1. The molecule has 0 bridgehead atoms. The minimum Gasteiger partial charge on any atom is -0.398 e. The Morgan fingerprint density at radius 2 is 1.76 bits per heavy atom. The van der Waals surface area contributed by atoms with Crippen molar-refractivity contribution in [1.29, 1.82) is 0 Å². The maximum Gasteiger partial charge on any atom is 0.0466 e. The first kappa shape index (κ1) is 17.4. The van der Waals surface area contributed by atoms with Crippen LogP contribution in [0.2, 0.25) is 0 Å². The first-order valence-corrected chi connectivity index (χ1v) is 9.10. The molecule has 0 unspecified atom stereocenters. The van der Waals surface area contributed by atoms with E-state index >= 15 is 0 Å². The van der Waals surface area contributed by atoms with Crippen molar-refractivity contribution in [2.75, 3.05) is 18.9 Å². The Kier molecular flexibility index (Phi) is 6.02. The molecule has 130 valence electrons. The van der Waals surface area contributed by atoms with Gasteiger partial charge in [-0.15, -0.1) is 0 Å². The van der Waals surface area contributed by atoms with Crippen LogP contribution in [0.5, 0.6) is 0 Å². The third kappa shape index (κ3) is 4.37. The number of rotatable bonds is 8. The van der Waals surface area contributed by atoms with Crippen molar-refractivity contribution in [3.8, 4) is 11.1 Å². The molecule has 2 N–H and O–H groups in total. The molecule has 0 fully saturated rings. The summed E-state index contributed by atoms with van der Waals surface area (Å²) in [4.78, 5) is 4.65. The summed E-state index contributed by atoms with van der Waals surface area (Å²) in [6, 6.07) is 16.6. The highest BCUT2D eigenvalue weighted by atomic mass is 16.5. The van der Waals surface area contributed by atoms with Crippen LogP contribution in [0.25, 0.3) is 21.9 Å². The summed E-state index contributed by atoms with van der Waals surface area (Å²) in [5.41, 5.74) is 10.4. The third-order valence-corrected chi connectivity index (χ3v) is 4.41. The third-order valence-electron chi connectivity index (χ3n) is 4.41. The topological polar surface area (TPSA) is 48.1 Å². The van der Waals surface area contributed by atoms with Crippen LogP contribution in [0.1, 0.15) is 31.9 Å². The first-order valence-electron chi connectivity index (χ1n) is 9.10. The van der Waals surface area contributed by atoms with E-state index < -0.39 is 0 Å². The van der Waals surface area contributed by atoms with Gasteiger partial charge in [0.15, 0.2) is 0 Å². The van der Waals surface area contributed by atoms with Gasteiger partial charge in [0, 0.05) is 41.7 Å². The van der Waals surface area contributed by atoms with E-state index in [1.165, 1.54) is 10.9 Å². The van der Waals surface area contributed by atoms with Crippen LogP contribution in [0.15, 0.2) is 54.7 Å². The number of aromatic nitrogens is 1. The predicted octanol–water partition coefficient (Wildman–Crippen LogP) is 5.23. The van der Waals surface area contributed by atoms with E-state index in [0.29, 0.717) is 0 Å². The van der Waals surface area contributed by atoms with Crippen molar-refractivity contribution in [3.63, 3.8) is 0 Å². The smallest absolute Gasteiger partial charge is 0.0466 e. The molecule has 3 rings (SSSR count). The first-order chi connectivity index (χ1) is 12.3. The van der Waals surface area contributed by atoms with Crippen molar-refractivity contribution in [3.05, 3.63) is 60.4 Å². The fourth-order valence-corrected chi connectivity index (χ4v) is 3.06. The maximum absolute atomic E-state index is 6.10. The van der Waals surface area contributed by atoms with Crippen LogP contribution in [-0.2, 0) is 11.2 Å². The van der Waals surface area contributed by atoms with Gasteiger partial charge in [0.05, 0.1) is 0 Å². The van der Waals surface area contributed by atoms with Gasteiger partial charge in [-0.1, -0.05) is 43.3 Å². The number of aryl methyl sites for hydroxylation is 1. The van der Waals surface area contributed by atoms with Crippen LogP contribution < -0.4 is 5.73 Å². The molecule has 0 saturated heterocycles. The minimum atomic E-state index is 0.814. The van der Waals surface area contributed by atoms with Crippen molar-refractivity contribution in [2.24, 2.45) is 0 Å². The Bertz CT molecular complexity index is 812. The maximum atomic E-state index is 6.10. The van der Waals surface area contributed by atoms with Gasteiger partial charge in [-0.2, -0.15) is 0 Å². The number of nitrogens with zero attached hydrogens (tertiary/aromatic N) is 1. The second-order valence-electron chi connectivity index (χ2n) is 6.36. The monoisotopic (exact) mass is 334 g/mol. The lowest BCUT2D eigenvalue weighted by Gasteiger charge is -2.09. The predicted molar refractivity (Wildman–Crippen MR) is 106 cm³/mol. The Morgan fingerprint density at radius 3 is 2.52 bits per heavy atom. The fourth-order valence-electron chi connectivity index (χ4n) is 3.06. The number of nitrogens with two attached hydrogens (primary N) is 1. The van der Waals surface area contributed by atoms with E-state index in [0.717, 1.165) is 61.2 Å². The van der Waals surface area contributed by atoms with Crippen LogP contribution in [0.4, 0.5) is 5.69 Å². The number of benzene rings is 2. The summed E-state index contributed by atoms with van der Waals surface area (Å²) in [6.07, 6.45) is 6.26. The van der Waals surface area contributed by atoms with Crippen molar-refractivity contribution < 1.29 is 4.74 Å².